The maximum Gasteiger partial charge on any atom is 0.249 e. The Balaban J connectivity index is 0.694. The number of anilines is 2. The van der Waals surface area contributed by atoms with Gasteiger partial charge in [-0.15, -0.1) is 11.6 Å². The molecule has 0 radical (unpaired) electrons. The van der Waals surface area contributed by atoms with Crippen molar-refractivity contribution in [1.82, 2.24) is 34.6 Å². The van der Waals surface area contributed by atoms with E-state index in [0.29, 0.717) is 78.6 Å². The minimum absolute atomic E-state index is 0.0156. The topological polar surface area (TPSA) is 188 Å². The molecule has 0 saturated carbocycles. The number of nitrogens with zero attached hydrogens (tertiary/aromatic N) is 8. The fraction of sp³-hybridized carbons (Fsp3) is 0.400. The van der Waals surface area contributed by atoms with Gasteiger partial charge in [0, 0.05) is 67.9 Å². The molecule has 2 N–H and O–H groups in total. The molecule has 4 aliphatic rings. The lowest BCUT2D eigenvalue weighted by Gasteiger charge is -2.55. The molecule has 3 aromatic carbocycles. The number of nitriles is 1. The van der Waals surface area contributed by atoms with Gasteiger partial charge in [0.1, 0.15) is 36.7 Å². The summed E-state index contributed by atoms with van der Waals surface area (Å²) in [5.41, 5.74) is 4.96. The second kappa shape index (κ2) is 19.0. The van der Waals surface area contributed by atoms with Crippen LogP contribution in [0.1, 0.15) is 68.0 Å². The van der Waals surface area contributed by atoms with E-state index < -0.39 is 26.7 Å². The van der Waals surface area contributed by atoms with Crippen LogP contribution in [0.15, 0.2) is 85.2 Å². The quantitative estimate of drug-likeness (QED) is 0.0810. The summed E-state index contributed by atoms with van der Waals surface area (Å²) < 4.78 is 43.5. The average Bonchev–Trinajstić information content (AvgIpc) is 3.65. The van der Waals surface area contributed by atoms with Gasteiger partial charge in [-0.3, -0.25) is 29.4 Å². The Kier molecular flexibility index (Phi) is 12.9. The van der Waals surface area contributed by atoms with Crippen LogP contribution >= 0.6 is 23.2 Å². The summed E-state index contributed by atoms with van der Waals surface area (Å²) >= 11 is 12.3. The lowest BCUT2D eigenvalue weighted by Crippen LogP contribution is -2.70. The summed E-state index contributed by atoms with van der Waals surface area (Å²) in [5, 5.41) is 14.1. The number of piperidine rings is 2. The molecule has 4 saturated heterocycles. The molecule has 358 valence electrons. The summed E-state index contributed by atoms with van der Waals surface area (Å²) in [6.45, 7) is 9.48. The number of para-hydroxylation sites is 1. The number of alkyl halides is 1. The summed E-state index contributed by atoms with van der Waals surface area (Å²) in [6.07, 6.45) is 5.10. The number of hydrogen-bond donors (Lipinski definition) is 2. The fourth-order valence-corrected chi connectivity index (χ4v) is 11.9. The van der Waals surface area contributed by atoms with Gasteiger partial charge in [-0.25, -0.2) is 23.4 Å². The molecule has 69 heavy (non-hydrogen) atoms. The molecular formula is C50H52Cl2N10O6S. The van der Waals surface area contributed by atoms with Crippen LogP contribution in [0, 0.1) is 11.3 Å². The number of carbonyl (C=O) groups excluding carboxylic acids is 2. The minimum Gasteiger partial charge on any atom is -0.489 e. The van der Waals surface area contributed by atoms with E-state index in [1.165, 1.54) is 6.20 Å². The number of carbonyl (C=O) groups is 2. The Morgan fingerprint density at radius 2 is 1.64 bits per heavy atom. The van der Waals surface area contributed by atoms with E-state index in [1.54, 1.807) is 12.1 Å². The molecule has 4 aliphatic heterocycles. The number of rotatable bonds is 15. The third-order valence-corrected chi connectivity index (χ3v) is 16.5. The second-order valence-corrected chi connectivity index (χ2v) is 21.5. The third kappa shape index (κ3) is 9.16. The first-order valence-corrected chi connectivity index (χ1v) is 25.7. The molecule has 3 aromatic heterocycles. The number of pyridine rings is 1. The van der Waals surface area contributed by atoms with Crippen molar-refractivity contribution in [3.05, 3.63) is 113 Å². The van der Waals surface area contributed by atoms with Crippen molar-refractivity contribution in [2.45, 2.75) is 74.9 Å². The summed E-state index contributed by atoms with van der Waals surface area (Å²) in [5.74, 6) is 0.686. The van der Waals surface area contributed by atoms with Gasteiger partial charge < -0.3 is 18.9 Å². The number of aromatic nitrogens is 4. The molecule has 2 amide bonds. The normalized spacial score (nSPS) is 19.0. The highest BCUT2D eigenvalue weighted by atomic mass is 35.5. The van der Waals surface area contributed by atoms with Gasteiger partial charge in [-0.2, -0.15) is 5.26 Å². The predicted molar refractivity (Wildman–Crippen MR) is 264 cm³/mol. The van der Waals surface area contributed by atoms with Crippen LogP contribution in [0.5, 0.6) is 11.5 Å². The molecule has 0 bridgehead atoms. The highest BCUT2D eigenvalue weighted by Crippen LogP contribution is 2.42. The zero-order chi connectivity index (χ0) is 48.0. The van der Waals surface area contributed by atoms with Crippen molar-refractivity contribution >= 4 is 78.6 Å². The lowest BCUT2D eigenvalue weighted by atomic mass is 9.77. The maximum absolute atomic E-state index is 13.6. The smallest absolute Gasteiger partial charge is 0.249 e. The van der Waals surface area contributed by atoms with Crippen LogP contribution in [-0.2, 0) is 31.6 Å². The number of imide groups is 1. The number of nitrogens with one attached hydrogen (secondary N) is 2. The predicted octanol–water partition coefficient (Wildman–Crippen LogP) is 6.78. The van der Waals surface area contributed by atoms with Crippen LogP contribution in [0.2, 0.25) is 5.02 Å². The lowest BCUT2D eigenvalue weighted by molar-refractivity contribution is -0.135. The van der Waals surface area contributed by atoms with E-state index in [0.717, 1.165) is 64.9 Å². The van der Waals surface area contributed by atoms with Gasteiger partial charge in [-0.1, -0.05) is 55.8 Å². The molecule has 4 fully saturated rings. The van der Waals surface area contributed by atoms with Gasteiger partial charge in [-0.05, 0) is 85.9 Å². The standard InChI is InChI=1S/C50H52Cl2N10O6S/c1-50(2,33-23-31(25-53)46(40(52)24-33)67-22-17-51)32-7-9-37(10-8-32)68-30-34-13-18-55-49(56-34)58-69(65,66)38-15-20-59(21-16-38)35-26-60(27-35)36-28-61(29-36)42-14-19-54-47-45(42)39-5-3-4-6-41(39)62(47)43-11-12-44(63)57-48(43)64/h3-10,13-14,18-19,23-24,35-36,38,43H,11-12,15-17,20-22,26-30H2,1-2H3,(H,55,56,58)(H,57,63,64). The number of sulfonamides is 1. The van der Waals surface area contributed by atoms with Crippen LogP contribution in [0.3, 0.4) is 0 Å². The number of likely N-dealkylation sites (tertiary alicyclic amines) is 2. The summed E-state index contributed by atoms with van der Waals surface area (Å²) in [4.78, 5) is 45.7. The molecular weight excluding hydrogens is 940 g/mol. The average molecular weight is 992 g/mol. The second-order valence-electron chi connectivity index (χ2n) is 18.7. The Morgan fingerprint density at radius 1 is 0.899 bits per heavy atom. The van der Waals surface area contributed by atoms with Crippen molar-refractivity contribution in [3.63, 3.8) is 0 Å². The van der Waals surface area contributed by atoms with Gasteiger partial charge >= 0.3 is 0 Å². The molecule has 0 spiro atoms. The molecule has 6 aromatic rings. The Labute approximate surface area is 410 Å². The van der Waals surface area contributed by atoms with Crippen LogP contribution in [-0.4, -0.2) is 119 Å². The molecule has 16 nitrogen and oxygen atoms in total. The maximum atomic E-state index is 13.6. The van der Waals surface area contributed by atoms with Crippen molar-refractivity contribution < 1.29 is 27.5 Å². The van der Waals surface area contributed by atoms with Crippen molar-refractivity contribution in [1.29, 1.82) is 5.26 Å². The van der Waals surface area contributed by atoms with Gasteiger partial charge in [0.05, 0.1) is 44.0 Å². The largest absolute Gasteiger partial charge is 0.489 e. The first-order chi connectivity index (χ1) is 33.3. The van der Waals surface area contributed by atoms with Crippen molar-refractivity contribution in [3.8, 4) is 17.6 Å². The zero-order valence-corrected chi connectivity index (χ0v) is 40.6. The fourth-order valence-electron chi connectivity index (χ4n) is 10.2. The summed E-state index contributed by atoms with van der Waals surface area (Å²) in [6, 6.07) is 25.5. The van der Waals surface area contributed by atoms with E-state index >= 15 is 0 Å². The molecule has 1 atom stereocenters. The highest BCUT2D eigenvalue weighted by molar-refractivity contribution is 7.93. The Morgan fingerprint density at radius 3 is 2.38 bits per heavy atom. The molecule has 1 unspecified atom stereocenters. The third-order valence-electron chi connectivity index (χ3n) is 14.3. The van der Waals surface area contributed by atoms with Crippen LogP contribution in [0.4, 0.5) is 11.6 Å². The summed E-state index contributed by atoms with van der Waals surface area (Å²) in [7, 11) is -3.74. The highest BCUT2D eigenvalue weighted by Gasteiger charge is 2.43. The molecule has 0 aliphatic carbocycles. The van der Waals surface area contributed by atoms with Crippen molar-refractivity contribution in [2.75, 3.05) is 61.4 Å². The Hall–Kier alpha value is -6.03. The Bertz CT molecular complexity index is 3090. The van der Waals surface area contributed by atoms with E-state index in [1.807, 2.05) is 73.1 Å². The monoisotopic (exact) mass is 990 g/mol. The van der Waals surface area contributed by atoms with Crippen molar-refractivity contribution in [2.24, 2.45) is 0 Å². The molecule has 19 heteroatoms. The molecule has 10 rings (SSSR count). The molecule has 7 heterocycles. The SMILES string of the molecule is CC(C)(c1ccc(OCc2ccnc(NS(=O)(=O)C3CCN(C4CN(C5CN(c6ccnc7c6c6ccccc6n7C6CCC(=O)NC6=O)C5)C4)CC3)n2)cc1)c1cc(Cl)c(OCCCl)c(C#N)c1. The number of amides is 2. The number of benzene rings is 3. The van der Waals surface area contributed by atoms with E-state index in [2.05, 4.69) is 52.9 Å². The number of ether oxygens (including phenoxy) is 2. The van der Waals surface area contributed by atoms with Gasteiger partial charge in [0.15, 0.2) is 5.75 Å². The van der Waals surface area contributed by atoms with E-state index in [9.17, 15) is 23.3 Å². The first kappa shape index (κ1) is 46.7. The number of hydrogen-bond acceptors (Lipinski definition) is 13. The zero-order valence-electron chi connectivity index (χ0n) is 38.3. The van der Waals surface area contributed by atoms with E-state index in [4.69, 9.17) is 37.7 Å². The van der Waals surface area contributed by atoms with Gasteiger partial charge in [0.25, 0.3) is 0 Å². The first-order valence-electron chi connectivity index (χ1n) is 23.3. The van der Waals surface area contributed by atoms with E-state index in [-0.39, 0.29) is 36.9 Å². The van der Waals surface area contributed by atoms with Gasteiger partial charge in [0.2, 0.25) is 27.8 Å². The van der Waals surface area contributed by atoms with Crippen LogP contribution < -0.4 is 24.4 Å². The number of fused-ring (bicyclic) bond motifs is 3. The minimum atomic E-state index is -3.74. The number of halogens is 2. The van der Waals surface area contributed by atoms with Crippen LogP contribution in [0.25, 0.3) is 21.9 Å².